The van der Waals surface area contributed by atoms with E-state index in [0.717, 1.165) is 55.7 Å². The summed E-state index contributed by atoms with van der Waals surface area (Å²) in [6.07, 6.45) is 8.65. The molecule has 0 aliphatic carbocycles. The van der Waals surface area contributed by atoms with Crippen LogP contribution >= 0.6 is 11.3 Å². The van der Waals surface area contributed by atoms with Gasteiger partial charge in [0.1, 0.15) is 17.7 Å². The Morgan fingerprint density at radius 1 is 0.973 bits per heavy atom. The minimum Gasteiger partial charge on any atom is -0.345 e. The van der Waals surface area contributed by atoms with Gasteiger partial charge in [-0.25, -0.2) is 9.97 Å². The van der Waals surface area contributed by atoms with Crippen LogP contribution in [0.3, 0.4) is 0 Å². The second-order valence-electron chi connectivity index (χ2n) is 8.75. The van der Waals surface area contributed by atoms with Gasteiger partial charge >= 0.3 is 0 Å². The highest BCUT2D eigenvalue weighted by Gasteiger charge is 2.28. The van der Waals surface area contributed by atoms with Crippen LogP contribution in [0.4, 0.5) is 5.00 Å². The number of nitrogens with one attached hydrogen (secondary N) is 1. The fraction of sp³-hybridized carbons (Fsp3) is 0.103. The van der Waals surface area contributed by atoms with Gasteiger partial charge in [0.05, 0.1) is 16.9 Å². The minimum absolute atomic E-state index is 0.332. The number of aromatic nitrogens is 5. The number of H-pyrrole nitrogens is 1. The van der Waals surface area contributed by atoms with E-state index in [4.69, 9.17) is 4.98 Å². The highest BCUT2D eigenvalue weighted by atomic mass is 32.1. The van der Waals surface area contributed by atoms with Crippen molar-refractivity contribution in [3.63, 3.8) is 0 Å². The Balaban J connectivity index is 1.39. The zero-order valence-electron chi connectivity index (χ0n) is 20.2. The molecule has 1 N–H and O–H groups in total. The van der Waals surface area contributed by atoms with Crippen LogP contribution in [0.15, 0.2) is 97.6 Å². The Bertz CT molecular complexity index is 1600. The van der Waals surface area contributed by atoms with Crippen LogP contribution in [0.1, 0.15) is 17.6 Å². The van der Waals surface area contributed by atoms with Crippen molar-refractivity contribution in [3.8, 4) is 22.6 Å². The van der Waals surface area contributed by atoms with Gasteiger partial charge in [0.2, 0.25) is 6.41 Å². The standard InChI is InChI=1S/C29H24N6OS/c1-34-25(20-9-11-21(12-10-20)28-31-14-15-32-28)18-33-29(34)24(17-23-7-4-5-13-30-23)35(19-36)27-16-22-6-2-3-8-26(22)37-27/h2-16,18-19,24H,17H2,1H3,(H,31,32)/t24-/m0/s1. The maximum atomic E-state index is 12.6. The van der Waals surface area contributed by atoms with E-state index >= 15 is 0 Å². The van der Waals surface area contributed by atoms with Crippen molar-refractivity contribution >= 4 is 32.8 Å². The lowest BCUT2D eigenvalue weighted by Crippen LogP contribution is -2.30. The van der Waals surface area contributed by atoms with Gasteiger partial charge in [0.15, 0.2) is 0 Å². The number of hydrogen-bond donors (Lipinski definition) is 1. The Labute approximate surface area is 218 Å². The number of imidazole rings is 2. The maximum Gasteiger partial charge on any atom is 0.215 e. The summed E-state index contributed by atoms with van der Waals surface area (Å²) >= 11 is 1.60. The number of thiophene rings is 1. The fourth-order valence-electron chi connectivity index (χ4n) is 4.63. The van der Waals surface area contributed by atoms with Gasteiger partial charge in [-0.3, -0.25) is 14.7 Å². The Kier molecular flexibility index (Phi) is 6.08. The summed E-state index contributed by atoms with van der Waals surface area (Å²) in [6.45, 7) is 0. The summed E-state index contributed by atoms with van der Waals surface area (Å²) in [4.78, 5) is 31.2. The Hall–Kier alpha value is -4.56. The third kappa shape index (κ3) is 4.43. The van der Waals surface area contributed by atoms with Crippen LogP contribution in [0.5, 0.6) is 0 Å². The summed E-state index contributed by atoms with van der Waals surface area (Å²) in [5.74, 6) is 1.62. The molecule has 0 bridgehead atoms. The molecule has 0 saturated heterocycles. The zero-order valence-corrected chi connectivity index (χ0v) is 21.0. The normalized spacial score (nSPS) is 12.0. The Morgan fingerprint density at radius 2 is 1.78 bits per heavy atom. The highest BCUT2D eigenvalue weighted by molar-refractivity contribution is 7.23. The molecule has 182 valence electrons. The van der Waals surface area contributed by atoms with Gasteiger partial charge in [0.25, 0.3) is 0 Å². The molecule has 2 aromatic carbocycles. The minimum atomic E-state index is -0.332. The third-order valence-electron chi connectivity index (χ3n) is 6.52. The average Bonchev–Trinajstić information content (AvgIpc) is 3.69. The molecule has 0 aliphatic heterocycles. The van der Waals surface area contributed by atoms with Crippen molar-refractivity contribution in [2.24, 2.45) is 7.05 Å². The predicted molar refractivity (Wildman–Crippen MR) is 147 cm³/mol. The van der Waals surface area contributed by atoms with Gasteiger partial charge in [-0.15, -0.1) is 11.3 Å². The van der Waals surface area contributed by atoms with Gasteiger partial charge in [-0.05, 0) is 35.2 Å². The number of nitrogens with zero attached hydrogens (tertiary/aromatic N) is 5. The number of pyridine rings is 1. The van der Waals surface area contributed by atoms with Gasteiger partial charge in [0, 0.05) is 48.0 Å². The van der Waals surface area contributed by atoms with Crippen molar-refractivity contribution < 1.29 is 4.79 Å². The predicted octanol–water partition coefficient (Wildman–Crippen LogP) is 6.03. The summed E-state index contributed by atoms with van der Waals surface area (Å²) in [7, 11) is 2.00. The average molecular weight is 505 g/mol. The number of anilines is 1. The van der Waals surface area contributed by atoms with Gasteiger partial charge in [-0.2, -0.15) is 0 Å². The molecule has 7 nitrogen and oxygen atoms in total. The second kappa shape index (κ2) is 9.83. The molecule has 0 saturated carbocycles. The van der Waals surface area contributed by atoms with E-state index in [0.29, 0.717) is 6.42 Å². The van der Waals surface area contributed by atoms with Crippen molar-refractivity contribution in [1.82, 2.24) is 24.5 Å². The quantitative estimate of drug-likeness (QED) is 0.257. The lowest BCUT2D eigenvalue weighted by atomic mass is 10.1. The molecule has 8 heteroatoms. The Morgan fingerprint density at radius 3 is 2.51 bits per heavy atom. The lowest BCUT2D eigenvalue weighted by molar-refractivity contribution is -0.107. The van der Waals surface area contributed by atoms with Gasteiger partial charge in [-0.1, -0.05) is 48.5 Å². The number of benzene rings is 2. The molecule has 4 heterocycles. The van der Waals surface area contributed by atoms with Gasteiger partial charge < -0.3 is 9.55 Å². The third-order valence-corrected chi connectivity index (χ3v) is 7.65. The molecular formula is C29H24N6OS. The van der Waals surface area contributed by atoms with E-state index in [9.17, 15) is 4.79 Å². The van der Waals surface area contributed by atoms with E-state index in [-0.39, 0.29) is 6.04 Å². The van der Waals surface area contributed by atoms with Crippen molar-refractivity contribution in [1.29, 1.82) is 0 Å². The van der Waals surface area contributed by atoms with E-state index in [2.05, 4.69) is 49.9 Å². The molecule has 4 aromatic heterocycles. The molecule has 0 fully saturated rings. The molecule has 6 aromatic rings. The van der Waals surface area contributed by atoms with E-state index in [1.165, 1.54) is 0 Å². The number of amides is 1. The number of carbonyl (C=O) groups excluding carboxylic acids is 1. The van der Waals surface area contributed by atoms with Crippen LogP contribution in [-0.2, 0) is 18.3 Å². The summed E-state index contributed by atoms with van der Waals surface area (Å²) in [5.41, 5.74) is 3.91. The molecule has 0 radical (unpaired) electrons. The first-order valence-electron chi connectivity index (χ1n) is 11.9. The number of hydrogen-bond acceptors (Lipinski definition) is 5. The van der Waals surface area contributed by atoms with Crippen molar-refractivity contribution in [2.45, 2.75) is 12.5 Å². The van der Waals surface area contributed by atoms with E-state index in [1.54, 1.807) is 28.6 Å². The highest BCUT2D eigenvalue weighted by Crippen LogP contribution is 2.37. The number of fused-ring (bicyclic) bond motifs is 1. The van der Waals surface area contributed by atoms with E-state index < -0.39 is 0 Å². The molecule has 6 rings (SSSR count). The van der Waals surface area contributed by atoms with Crippen LogP contribution in [0, 0.1) is 0 Å². The summed E-state index contributed by atoms with van der Waals surface area (Å²) in [5, 5.41) is 1.99. The second-order valence-corrected chi connectivity index (χ2v) is 9.81. The smallest absolute Gasteiger partial charge is 0.215 e. The SMILES string of the molecule is Cn1c(-c2ccc(-c3ncc[nH]3)cc2)cnc1[C@H](Cc1ccccn1)N(C=O)c1cc2ccccc2s1. The molecule has 1 atom stereocenters. The first kappa shape index (κ1) is 22.9. The molecule has 37 heavy (non-hydrogen) atoms. The number of aromatic amines is 1. The maximum absolute atomic E-state index is 12.6. The largest absolute Gasteiger partial charge is 0.345 e. The van der Waals surface area contributed by atoms with E-state index in [1.807, 2.05) is 61.9 Å². The lowest BCUT2D eigenvalue weighted by Gasteiger charge is -2.27. The van der Waals surface area contributed by atoms with Crippen LogP contribution in [0.2, 0.25) is 0 Å². The molecular weight excluding hydrogens is 480 g/mol. The topological polar surface area (TPSA) is 79.7 Å². The molecule has 1 amide bonds. The monoisotopic (exact) mass is 504 g/mol. The van der Waals surface area contributed by atoms with Crippen molar-refractivity contribution in [2.75, 3.05) is 4.90 Å². The van der Waals surface area contributed by atoms with Crippen LogP contribution in [0.25, 0.3) is 32.7 Å². The van der Waals surface area contributed by atoms with Crippen molar-refractivity contribution in [3.05, 3.63) is 109 Å². The first-order chi connectivity index (χ1) is 18.2. The molecule has 0 aliphatic rings. The van der Waals surface area contributed by atoms with Crippen LogP contribution in [-0.4, -0.2) is 30.9 Å². The summed E-state index contributed by atoms with van der Waals surface area (Å²) < 4.78 is 3.21. The first-order valence-corrected chi connectivity index (χ1v) is 12.8. The zero-order chi connectivity index (χ0) is 25.2. The number of rotatable bonds is 8. The number of carbonyl (C=O) groups is 1. The fourth-order valence-corrected chi connectivity index (χ4v) is 5.71. The summed E-state index contributed by atoms with van der Waals surface area (Å²) in [6, 6.07) is 24.0. The van der Waals surface area contributed by atoms with Crippen LogP contribution < -0.4 is 4.90 Å². The molecule has 0 unspecified atom stereocenters. The molecule has 0 spiro atoms.